The molecule has 1 saturated heterocycles. The van der Waals surface area contributed by atoms with Gasteiger partial charge < -0.3 is 15.3 Å². The first-order valence-corrected chi connectivity index (χ1v) is 6.30. The van der Waals surface area contributed by atoms with Gasteiger partial charge in [-0.1, -0.05) is 12.8 Å². The van der Waals surface area contributed by atoms with Gasteiger partial charge in [-0.05, 0) is 12.8 Å². The number of nitrogens with one attached hydrogen (secondary N) is 1. The van der Waals surface area contributed by atoms with Crippen molar-refractivity contribution in [3.8, 4) is 0 Å². The largest absolute Gasteiger partial charge is 0.391 e. The minimum atomic E-state index is -0.428. The summed E-state index contributed by atoms with van der Waals surface area (Å²) in [5.41, 5.74) is 0. The molecule has 2 aliphatic rings. The topological polar surface area (TPSA) is 69.6 Å². The summed E-state index contributed by atoms with van der Waals surface area (Å²) in [6.07, 6.45) is 3.54. The van der Waals surface area contributed by atoms with Crippen LogP contribution in [0.15, 0.2) is 0 Å². The van der Waals surface area contributed by atoms with Crippen LogP contribution in [0.1, 0.15) is 32.1 Å². The molecule has 0 aromatic carbocycles. The maximum absolute atomic E-state index is 11.9. The van der Waals surface area contributed by atoms with Crippen molar-refractivity contribution < 1.29 is 14.7 Å². The molecule has 0 radical (unpaired) electrons. The van der Waals surface area contributed by atoms with Crippen molar-refractivity contribution in [2.75, 3.05) is 13.6 Å². The highest BCUT2D eigenvalue weighted by molar-refractivity contribution is 5.89. The first-order valence-electron chi connectivity index (χ1n) is 6.30. The fraction of sp³-hybridized carbons (Fsp3) is 0.833. The molecular formula is C12H20N2O3. The number of aliphatic hydroxyl groups is 1. The van der Waals surface area contributed by atoms with Gasteiger partial charge in [0.1, 0.15) is 0 Å². The molecule has 0 aromatic rings. The third-order valence-corrected chi connectivity index (χ3v) is 3.77. The summed E-state index contributed by atoms with van der Waals surface area (Å²) in [5, 5.41) is 12.7. The number of hydrogen-bond acceptors (Lipinski definition) is 3. The zero-order chi connectivity index (χ0) is 12.4. The summed E-state index contributed by atoms with van der Waals surface area (Å²) < 4.78 is 0. The Balaban J connectivity index is 1.86. The van der Waals surface area contributed by atoms with Gasteiger partial charge in [-0.3, -0.25) is 9.59 Å². The summed E-state index contributed by atoms with van der Waals surface area (Å²) in [5.74, 6) is -0.315. The van der Waals surface area contributed by atoms with Crippen LogP contribution in [-0.4, -0.2) is 47.6 Å². The van der Waals surface area contributed by atoms with Crippen LogP contribution in [-0.2, 0) is 9.59 Å². The van der Waals surface area contributed by atoms with E-state index >= 15 is 0 Å². The second kappa shape index (κ2) is 5.04. The Labute approximate surface area is 101 Å². The van der Waals surface area contributed by atoms with Crippen molar-refractivity contribution in [3.05, 3.63) is 0 Å². The third kappa shape index (κ3) is 2.77. The van der Waals surface area contributed by atoms with Crippen LogP contribution in [0, 0.1) is 5.92 Å². The number of hydrogen-bond donors (Lipinski definition) is 2. The smallest absolute Gasteiger partial charge is 0.225 e. The molecule has 2 N–H and O–H groups in total. The summed E-state index contributed by atoms with van der Waals surface area (Å²) in [4.78, 5) is 24.9. The van der Waals surface area contributed by atoms with E-state index in [1.165, 1.54) is 0 Å². The minimum absolute atomic E-state index is 0.0225. The number of likely N-dealkylation sites (tertiary alicyclic amines) is 1. The lowest BCUT2D eigenvalue weighted by Gasteiger charge is -2.29. The van der Waals surface area contributed by atoms with Crippen LogP contribution in [0.2, 0.25) is 0 Å². The van der Waals surface area contributed by atoms with Crippen molar-refractivity contribution in [2.45, 2.75) is 44.2 Å². The number of amides is 2. The highest BCUT2D eigenvalue weighted by Crippen LogP contribution is 2.21. The van der Waals surface area contributed by atoms with Gasteiger partial charge in [0.15, 0.2) is 0 Å². The van der Waals surface area contributed by atoms with E-state index in [-0.39, 0.29) is 23.8 Å². The highest BCUT2D eigenvalue weighted by atomic mass is 16.3. The number of aliphatic hydroxyl groups excluding tert-OH is 1. The molecule has 0 bridgehead atoms. The predicted molar refractivity (Wildman–Crippen MR) is 62.1 cm³/mol. The summed E-state index contributed by atoms with van der Waals surface area (Å²) >= 11 is 0. The van der Waals surface area contributed by atoms with Gasteiger partial charge in [-0.25, -0.2) is 0 Å². The van der Waals surface area contributed by atoms with E-state index in [4.69, 9.17) is 0 Å². The van der Waals surface area contributed by atoms with Crippen LogP contribution in [0.3, 0.4) is 0 Å². The van der Waals surface area contributed by atoms with E-state index in [0.717, 1.165) is 25.7 Å². The van der Waals surface area contributed by atoms with Crippen molar-refractivity contribution >= 4 is 11.8 Å². The molecule has 0 spiro atoms. The quantitative estimate of drug-likeness (QED) is 0.707. The Morgan fingerprint density at radius 3 is 2.71 bits per heavy atom. The Kier molecular flexibility index (Phi) is 3.66. The van der Waals surface area contributed by atoms with Crippen molar-refractivity contribution in [1.82, 2.24) is 10.2 Å². The Hall–Kier alpha value is -1.10. The van der Waals surface area contributed by atoms with Crippen LogP contribution >= 0.6 is 0 Å². The average molecular weight is 240 g/mol. The van der Waals surface area contributed by atoms with Crippen LogP contribution in [0.5, 0.6) is 0 Å². The van der Waals surface area contributed by atoms with Gasteiger partial charge >= 0.3 is 0 Å². The van der Waals surface area contributed by atoms with E-state index in [0.29, 0.717) is 13.0 Å². The Morgan fingerprint density at radius 2 is 2.12 bits per heavy atom. The standard InChI is InChI=1S/C12H20N2O3/c1-14-7-8(6-11(14)16)12(17)13-9-4-2-3-5-10(9)15/h8-10,15H,2-7H2,1H3,(H,13,17)/t8?,9-,10-/m0/s1. The molecule has 1 aliphatic heterocycles. The lowest BCUT2D eigenvalue weighted by molar-refractivity contribution is -0.129. The van der Waals surface area contributed by atoms with Gasteiger partial charge in [0.2, 0.25) is 11.8 Å². The maximum atomic E-state index is 11.9. The van der Waals surface area contributed by atoms with Gasteiger partial charge in [0, 0.05) is 20.0 Å². The second-order valence-corrected chi connectivity index (χ2v) is 5.14. The van der Waals surface area contributed by atoms with Crippen molar-refractivity contribution in [1.29, 1.82) is 0 Å². The molecule has 1 heterocycles. The number of nitrogens with zero attached hydrogens (tertiary/aromatic N) is 1. The van der Waals surface area contributed by atoms with E-state index < -0.39 is 6.10 Å². The zero-order valence-electron chi connectivity index (χ0n) is 10.2. The SMILES string of the molecule is CN1CC(C(=O)N[C@H]2CCCC[C@@H]2O)CC1=O. The van der Waals surface area contributed by atoms with E-state index in [1.807, 2.05) is 0 Å². The molecule has 1 saturated carbocycles. The molecule has 96 valence electrons. The highest BCUT2D eigenvalue weighted by Gasteiger charge is 2.34. The van der Waals surface area contributed by atoms with Crippen LogP contribution in [0.4, 0.5) is 0 Å². The van der Waals surface area contributed by atoms with Crippen LogP contribution < -0.4 is 5.32 Å². The van der Waals surface area contributed by atoms with E-state index in [2.05, 4.69) is 5.32 Å². The van der Waals surface area contributed by atoms with Gasteiger partial charge in [-0.15, -0.1) is 0 Å². The molecule has 2 fully saturated rings. The second-order valence-electron chi connectivity index (χ2n) is 5.14. The third-order valence-electron chi connectivity index (χ3n) is 3.77. The maximum Gasteiger partial charge on any atom is 0.225 e. The normalized spacial score (nSPS) is 33.9. The molecule has 5 nitrogen and oxygen atoms in total. The number of carbonyl (C=O) groups is 2. The first-order chi connectivity index (χ1) is 8.08. The lowest BCUT2D eigenvalue weighted by Crippen LogP contribution is -2.47. The number of carbonyl (C=O) groups excluding carboxylic acids is 2. The van der Waals surface area contributed by atoms with Gasteiger partial charge in [0.25, 0.3) is 0 Å². The molecule has 0 aromatic heterocycles. The van der Waals surface area contributed by atoms with Crippen molar-refractivity contribution in [3.63, 3.8) is 0 Å². The molecule has 3 atom stereocenters. The van der Waals surface area contributed by atoms with Gasteiger partial charge in [0.05, 0.1) is 18.1 Å². The molecular weight excluding hydrogens is 220 g/mol. The summed E-state index contributed by atoms with van der Waals surface area (Å²) in [6.45, 7) is 0.494. The molecule has 1 unspecified atom stereocenters. The molecule has 5 heteroatoms. The van der Waals surface area contributed by atoms with Crippen LogP contribution in [0.25, 0.3) is 0 Å². The monoisotopic (exact) mass is 240 g/mol. The predicted octanol–water partition coefficient (Wildman–Crippen LogP) is -0.116. The van der Waals surface area contributed by atoms with Gasteiger partial charge in [-0.2, -0.15) is 0 Å². The summed E-state index contributed by atoms with van der Waals surface area (Å²) in [7, 11) is 1.71. The first kappa shape index (κ1) is 12.4. The fourth-order valence-electron chi connectivity index (χ4n) is 2.62. The fourth-order valence-corrected chi connectivity index (χ4v) is 2.62. The molecule has 1 aliphatic carbocycles. The Bertz CT molecular complexity index is 319. The van der Waals surface area contributed by atoms with E-state index in [9.17, 15) is 14.7 Å². The zero-order valence-corrected chi connectivity index (χ0v) is 10.2. The number of rotatable bonds is 2. The van der Waals surface area contributed by atoms with E-state index in [1.54, 1.807) is 11.9 Å². The molecule has 2 amide bonds. The minimum Gasteiger partial charge on any atom is -0.391 e. The Morgan fingerprint density at radius 1 is 1.41 bits per heavy atom. The van der Waals surface area contributed by atoms with Crippen molar-refractivity contribution in [2.24, 2.45) is 5.92 Å². The lowest BCUT2D eigenvalue weighted by atomic mass is 9.92. The molecule has 17 heavy (non-hydrogen) atoms. The summed E-state index contributed by atoms with van der Waals surface area (Å²) in [6, 6.07) is -0.128. The molecule has 2 rings (SSSR count). The average Bonchev–Trinajstić information content (AvgIpc) is 2.63.